The summed E-state index contributed by atoms with van der Waals surface area (Å²) in [5, 5.41) is 0. The number of hydrogen-bond acceptors (Lipinski definition) is 4. The van der Waals surface area contributed by atoms with Gasteiger partial charge in [0, 0.05) is 18.8 Å². The van der Waals surface area contributed by atoms with E-state index >= 15 is 0 Å². The SMILES string of the molecule is CC1CCCCN1c1ccc(B2OC(C)(C)C(C)(C)O2)nc1. The van der Waals surface area contributed by atoms with Gasteiger partial charge in [-0.3, -0.25) is 4.98 Å². The molecule has 2 aliphatic rings. The van der Waals surface area contributed by atoms with Crippen LogP contribution >= 0.6 is 0 Å². The van der Waals surface area contributed by atoms with Crippen LogP contribution in [0.4, 0.5) is 5.69 Å². The first-order chi connectivity index (χ1) is 10.3. The molecule has 3 heterocycles. The second-order valence-electron chi connectivity index (χ2n) is 7.57. The van der Waals surface area contributed by atoms with Crippen molar-refractivity contribution >= 4 is 18.4 Å². The maximum atomic E-state index is 6.06. The Morgan fingerprint density at radius 1 is 1.14 bits per heavy atom. The van der Waals surface area contributed by atoms with Gasteiger partial charge >= 0.3 is 7.12 Å². The molecule has 2 saturated heterocycles. The summed E-state index contributed by atoms with van der Waals surface area (Å²) in [5.41, 5.74) is 1.42. The van der Waals surface area contributed by atoms with Gasteiger partial charge in [-0.1, -0.05) is 0 Å². The van der Waals surface area contributed by atoms with Crippen molar-refractivity contribution in [3.05, 3.63) is 18.3 Å². The van der Waals surface area contributed by atoms with Crippen LogP contribution in [0.3, 0.4) is 0 Å². The molecule has 2 fully saturated rings. The Labute approximate surface area is 134 Å². The van der Waals surface area contributed by atoms with Crippen LogP contribution in [0.15, 0.2) is 18.3 Å². The molecule has 22 heavy (non-hydrogen) atoms. The molecule has 1 unspecified atom stereocenters. The molecular formula is C17H27BN2O2. The number of rotatable bonds is 2. The molecular weight excluding hydrogens is 275 g/mol. The van der Waals surface area contributed by atoms with Gasteiger partial charge in [-0.25, -0.2) is 0 Å². The molecule has 0 aromatic carbocycles. The summed E-state index contributed by atoms with van der Waals surface area (Å²) >= 11 is 0. The van der Waals surface area contributed by atoms with Crippen molar-refractivity contribution in [2.45, 2.75) is 71.1 Å². The lowest BCUT2D eigenvalue weighted by Gasteiger charge is -2.35. The molecule has 0 aliphatic carbocycles. The quantitative estimate of drug-likeness (QED) is 0.787. The van der Waals surface area contributed by atoms with Gasteiger partial charge in [-0.15, -0.1) is 0 Å². The van der Waals surface area contributed by atoms with Crippen molar-refractivity contribution in [2.75, 3.05) is 11.4 Å². The first-order valence-corrected chi connectivity index (χ1v) is 8.38. The number of pyridine rings is 1. The smallest absolute Gasteiger partial charge is 0.398 e. The van der Waals surface area contributed by atoms with Gasteiger partial charge in [0.15, 0.2) is 0 Å². The normalized spacial score (nSPS) is 27.2. The number of piperidine rings is 1. The average Bonchev–Trinajstić information content (AvgIpc) is 2.68. The monoisotopic (exact) mass is 302 g/mol. The van der Waals surface area contributed by atoms with E-state index in [0.717, 1.165) is 12.1 Å². The summed E-state index contributed by atoms with van der Waals surface area (Å²) < 4.78 is 12.1. The standard InChI is InChI=1S/C17H27BN2O2/c1-13-8-6-7-11-20(13)14-9-10-15(19-12-14)18-21-16(2,3)17(4,5)22-18/h9-10,12-13H,6-8,11H2,1-5H3. The van der Waals surface area contributed by atoms with Gasteiger partial charge in [-0.2, -0.15) is 0 Å². The third-order valence-corrected chi connectivity index (χ3v) is 5.40. The summed E-state index contributed by atoms with van der Waals surface area (Å²) in [6.45, 7) is 11.7. The summed E-state index contributed by atoms with van der Waals surface area (Å²) in [6, 6.07) is 4.78. The summed E-state index contributed by atoms with van der Waals surface area (Å²) in [4.78, 5) is 7.06. The zero-order valence-electron chi connectivity index (χ0n) is 14.4. The van der Waals surface area contributed by atoms with Gasteiger partial charge in [0.1, 0.15) is 0 Å². The first-order valence-electron chi connectivity index (χ1n) is 8.38. The van der Waals surface area contributed by atoms with Crippen LogP contribution in [0.25, 0.3) is 0 Å². The lowest BCUT2D eigenvalue weighted by atomic mass is 9.84. The lowest BCUT2D eigenvalue weighted by Crippen LogP contribution is -2.41. The van der Waals surface area contributed by atoms with Crippen LogP contribution in [0.2, 0.25) is 0 Å². The average molecular weight is 302 g/mol. The van der Waals surface area contributed by atoms with Crippen molar-refractivity contribution in [3.63, 3.8) is 0 Å². The Kier molecular flexibility index (Phi) is 3.98. The number of nitrogens with zero attached hydrogens (tertiary/aromatic N) is 2. The van der Waals surface area contributed by atoms with Gasteiger partial charge in [-0.05, 0) is 66.0 Å². The summed E-state index contributed by atoms with van der Waals surface area (Å²) in [7, 11) is -0.377. The molecule has 1 aromatic heterocycles. The Balaban J connectivity index is 1.75. The first kappa shape index (κ1) is 15.8. The molecule has 1 atom stereocenters. The minimum atomic E-state index is -0.377. The highest BCUT2D eigenvalue weighted by Gasteiger charge is 2.52. The minimum Gasteiger partial charge on any atom is -0.398 e. The molecule has 0 spiro atoms. The van der Waals surface area contributed by atoms with Gasteiger partial charge in [0.25, 0.3) is 0 Å². The van der Waals surface area contributed by atoms with Crippen LogP contribution in [0.1, 0.15) is 53.9 Å². The van der Waals surface area contributed by atoms with E-state index in [1.54, 1.807) is 0 Å². The number of anilines is 1. The molecule has 1 aromatic rings. The van der Waals surface area contributed by atoms with Crippen LogP contribution in [0, 0.1) is 0 Å². The van der Waals surface area contributed by atoms with E-state index in [9.17, 15) is 0 Å². The molecule has 0 radical (unpaired) electrons. The van der Waals surface area contributed by atoms with E-state index in [2.05, 4.69) is 50.6 Å². The molecule has 3 rings (SSSR count). The number of aromatic nitrogens is 1. The Morgan fingerprint density at radius 2 is 1.82 bits per heavy atom. The highest BCUT2D eigenvalue weighted by molar-refractivity contribution is 6.61. The van der Waals surface area contributed by atoms with Crippen LogP contribution in [-0.2, 0) is 9.31 Å². The van der Waals surface area contributed by atoms with Crippen molar-refractivity contribution in [3.8, 4) is 0 Å². The molecule has 5 heteroatoms. The van der Waals surface area contributed by atoms with E-state index in [1.165, 1.54) is 24.9 Å². The molecule has 120 valence electrons. The zero-order chi connectivity index (χ0) is 16.0. The predicted molar refractivity (Wildman–Crippen MR) is 90.6 cm³/mol. The second-order valence-corrected chi connectivity index (χ2v) is 7.57. The third-order valence-electron chi connectivity index (χ3n) is 5.40. The third kappa shape index (κ3) is 2.76. The van der Waals surface area contributed by atoms with Gasteiger partial charge in [0.05, 0.1) is 22.5 Å². The van der Waals surface area contributed by atoms with E-state index in [4.69, 9.17) is 9.31 Å². The Morgan fingerprint density at radius 3 is 2.36 bits per heavy atom. The van der Waals surface area contributed by atoms with Crippen LogP contribution in [0.5, 0.6) is 0 Å². The van der Waals surface area contributed by atoms with E-state index < -0.39 is 0 Å². The van der Waals surface area contributed by atoms with Crippen molar-refractivity contribution in [1.82, 2.24) is 4.98 Å². The molecule has 4 nitrogen and oxygen atoms in total. The van der Waals surface area contributed by atoms with E-state index in [0.29, 0.717) is 6.04 Å². The molecule has 0 N–H and O–H groups in total. The Bertz CT molecular complexity index is 514. The summed E-state index contributed by atoms with van der Waals surface area (Å²) in [6.07, 6.45) is 5.82. The minimum absolute atomic E-state index is 0.320. The van der Waals surface area contributed by atoms with E-state index in [-0.39, 0.29) is 18.3 Å². The maximum absolute atomic E-state index is 6.06. The zero-order valence-corrected chi connectivity index (χ0v) is 14.4. The summed E-state index contributed by atoms with van der Waals surface area (Å²) in [5.74, 6) is 0. The van der Waals surface area contributed by atoms with Crippen molar-refractivity contribution in [2.24, 2.45) is 0 Å². The molecule has 0 bridgehead atoms. The van der Waals surface area contributed by atoms with Crippen molar-refractivity contribution < 1.29 is 9.31 Å². The highest BCUT2D eigenvalue weighted by atomic mass is 16.7. The highest BCUT2D eigenvalue weighted by Crippen LogP contribution is 2.36. The topological polar surface area (TPSA) is 34.6 Å². The maximum Gasteiger partial charge on any atom is 0.514 e. The Hall–Kier alpha value is -1.07. The van der Waals surface area contributed by atoms with Crippen LogP contribution in [-0.4, -0.2) is 35.9 Å². The van der Waals surface area contributed by atoms with Gasteiger partial charge < -0.3 is 14.2 Å². The van der Waals surface area contributed by atoms with Gasteiger partial charge in [0.2, 0.25) is 0 Å². The number of hydrogen-bond donors (Lipinski definition) is 0. The lowest BCUT2D eigenvalue weighted by molar-refractivity contribution is 0.00578. The van der Waals surface area contributed by atoms with E-state index in [1.807, 2.05) is 12.3 Å². The predicted octanol–water partition coefficient (Wildman–Crippen LogP) is 2.76. The molecule has 0 amide bonds. The second kappa shape index (κ2) is 5.53. The fraction of sp³-hybridized carbons (Fsp3) is 0.706. The fourth-order valence-corrected chi connectivity index (χ4v) is 3.15. The molecule has 0 saturated carbocycles. The molecule has 2 aliphatic heterocycles. The van der Waals surface area contributed by atoms with Crippen LogP contribution < -0.4 is 10.5 Å². The van der Waals surface area contributed by atoms with Crippen molar-refractivity contribution in [1.29, 1.82) is 0 Å². The largest absolute Gasteiger partial charge is 0.514 e. The fourth-order valence-electron chi connectivity index (χ4n) is 3.15.